The van der Waals surface area contributed by atoms with Crippen LogP contribution in [0.5, 0.6) is 0 Å². The van der Waals surface area contributed by atoms with Crippen LogP contribution in [0.2, 0.25) is 0 Å². The number of halogens is 1. The van der Waals surface area contributed by atoms with Gasteiger partial charge in [0.15, 0.2) is 0 Å². The molecule has 1 saturated heterocycles. The normalized spacial score (nSPS) is 14.9. The van der Waals surface area contributed by atoms with Gasteiger partial charge in [-0.25, -0.2) is 29.9 Å². The highest BCUT2D eigenvalue weighted by Crippen LogP contribution is 2.20. The van der Waals surface area contributed by atoms with Gasteiger partial charge in [0, 0.05) is 57.0 Å². The fourth-order valence-corrected chi connectivity index (χ4v) is 3.95. The second-order valence-electron chi connectivity index (χ2n) is 8.31. The zero-order chi connectivity index (χ0) is 26.3. The van der Waals surface area contributed by atoms with Crippen LogP contribution in [-0.2, 0) is 4.74 Å². The third-order valence-corrected chi connectivity index (χ3v) is 5.80. The molecular weight excluding hydrogens is 487 g/mol. The molecule has 12 heteroatoms. The summed E-state index contributed by atoms with van der Waals surface area (Å²) in [5.74, 6) is 6.62. The van der Waals surface area contributed by atoms with Gasteiger partial charge in [0.05, 0.1) is 47.6 Å². The maximum atomic E-state index is 13.3. The van der Waals surface area contributed by atoms with Crippen molar-refractivity contribution in [3.8, 4) is 29.3 Å². The molecule has 0 N–H and O–H groups in total. The molecular formula is C26H21FN10O. The highest BCUT2D eigenvalue weighted by Gasteiger charge is 2.30. The second kappa shape index (κ2) is 11.3. The molecule has 0 aromatic carbocycles. The van der Waals surface area contributed by atoms with E-state index in [9.17, 15) is 4.39 Å². The highest BCUT2D eigenvalue weighted by molar-refractivity contribution is 5.54. The van der Waals surface area contributed by atoms with Crippen LogP contribution >= 0.6 is 0 Å². The van der Waals surface area contributed by atoms with Crippen molar-refractivity contribution in [3.05, 3.63) is 78.1 Å². The van der Waals surface area contributed by atoms with Crippen LogP contribution in [0.3, 0.4) is 0 Å². The Morgan fingerprint density at radius 1 is 0.868 bits per heavy atom. The number of methoxy groups -OCH3 is 1. The predicted molar refractivity (Wildman–Crippen MR) is 135 cm³/mol. The molecule has 4 aromatic rings. The summed E-state index contributed by atoms with van der Waals surface area (Å²) in [6.07, 6.45) is 9.16. The summed E-state index contributed by atoms with van der Waals surface area (Å²) >= 11 is 0. The average Bonchev–Trinajstić information content (AvgIpc) is 2.97. The van der Waals surface area contributed by atoms with Crippen molar-refractivity contribution in [2.24, 2.45) is 0 Å². The van der Waals surface area contributed by atoms with Gasteiger partial charge in [-0.05, 0) is 12.1 Å². The summed E-state index contributed by atoms with van der Waals surface area (Å²) in [6.45, 7) is 2.41. The SMILES string of the molecule is COC[C@H]1CN(c2ncc(C#Cc3ccc(-c4cc(F)ncn4)nc3)cn2)CCN1c1ncc(C#N)cn1. The first-order chi connectivity index (χ1) is 18.6. The van der Waals surface area contributed by atoms with Crippen molar-refractivity contribution in [2.45, 2.75) is 6.04 Å². The number of nitriles is 1. The Morgan fingerprint density at radius 2 is 1.58 bits per heavy atom. The van der Waals surface area contributed by atoms with E-state index in [1.54, 1.807) is 37.8 Å². The lowest BCUT2D eigenvalue weighted by molar-refractivity contribution is 0.173. The first-order valence-electron chi connectivity index (χ1n) is 11.6. The van der Waals surface area contributed by atoms with E-state index in [0.717, 1.165) is 6.33 Å². The Labute approximate surface area is 218 Å². The molecule has 0 saturated carbocycles. The smallest absolute Gasteiger partial charge is 0.225 e. The molecule has 0 spiro atoms. The van der Waals surface area contributed by atoms with Crippen LogP contribution in [0.25, 0.3) is 11.4 Å². The van der Waals surface area contributed by atoms with Gasteiger partial charge >= 0.3 is 0 Å². The monoisotopic (exact) mass is 508 g/mol. The largest absolute Gasteiger partial charge is 0.382 e. The average molecular weight is 509 g/mol. The molecule has 0 amide bonds. The molecule has 5 heterocycles. The van der Waals surface area contributed by atoms with Crippen LogP contribution in [-0.4, -0.2) is 74.3 Å². The maximum Gasteiger partial charge on any atom is 0.225 e. The minimum atomic E-state index is -0.611. The molecule has 11 nitrogen and oxygen atoms in total. The van der Waals surface area contributed by atoms with E-state index in [1.165, 1.54) is 18.5 Å². The van der Waals surface area contributed by atoms with E-state index in [0.29, 0.717) is 66.2 Å². The van der Waals surface area contributed by atoms with Gasteiger partial charge < -0.3 is 14.5 Å². The number of nitrogens with zero attached hydrogens (tertiary/aromatic N) is 10. The van der Waals surface area contributed by atoms with Gasteiger partial charge in [-0.3, -0.25) is 4.98 Å². The van der Waals surface area contributed by atoms with E-state index in [-0.39, 0.29) is 6.04 Å². The van der Waals surface area contributed by atoms with E-state index in [1.807, 2.05) is 6.07 Å². The molecule has 5 rings (SSSR count). The first kappa shape index (κ1) is 24.6. The van der Waals surface area contributed by atoms with Gasteiger partial charge in [-0.15, -0.1) is 0 Å². The maximum absolute atomic E-state index is 13.3. The van der Waals surface area contributed by atoms with Crippen molar-refractivity contribution in [1.82, 2.24) is 34.9 Å². The summed E-state index contributed by atoms with van der Waals surface area (Å²) in [6, 6.07) is 6.76. The third kappa shape index (κ3) is 5.67. The topological polar surface area (TPSA) is 130 Å². The van der Waals surface area contributed by atoms with Gasteiger partial charge in [-0.1, -0.05) is 11.8 Å². The molecule has 0 radical (unpaired) electrons. The molecule has 188 valence electrons. The van der Waals surface area contributed by atoms with Crippen LogP contribution in [0.4, 0.5) is 16.3 Å². The number of hydrogen-bond donors (Lipinski definition) is 0. The van der Waals surface area contributed by atoms with Gasteiger partial charge in [0.25, 0.3) is 0 Å². The van der Waals surface area contributed by atoms with Gasteiger partial charge in [0.1, 0.15) is 12.4 Å². The Bertz CT molecular complexity index is 1500. The number of piperazine rings is 1. The van der Waals surface area contributed by atoms with Crippen LogP contribution in [0, 0.1) is 29.1 Å². The van der Waals surface area contributed by atoms with E-state index < -0.39 is 5.95 Å². The van der Waals surface area contributed by atoms with Gasteiger partial charge in [-0.2, -0.15) is 9.65 Å². The van der Waals surface area contributed by atoms with Gasteiger partial charge in [0.2, 0.25) is 17.8 Å². The summed E-state index contributed by atoms with van der Waals surface area (Å²) < 4.78 is 18.7. The first-order valence-corrected chi connectivity index (χ1v) is 11.6. The summed E-state index contributed by atoms with van der Waals surface area (Å²) in [7, 11) is 1.65. The fourth-order valence-electron chi connectivity index (χ4n) is 3.95. The lowest BCUT2D eigenvalue weighted by Gasteiger charge is -2.41. The number of pyridine rings is 1. The minimum Gasteiger partial charge on any atom is -0.382 e. The van der Waals surface area contributed by atoms with Crippen molar-refractivity contribution in [3.63, 3.8) is 0 Å². The van der Waals surface area contributed by atoms with Crippen molar-refractivity contribution < 1.29 is 9.13 Å². The third-order valence-electron chi connectivity index (χ3n) is 5.80. The molecule has 1 aliphatic heterocycles. The Kier molecular flexibility index (Phi) is 7.34. The highest BCUT2D eigenvalue weighted by atomic mass is 19.1. The lowest BCUT2D eigenvalue weighted by atomic mass is 10.2. The molecule has 38 heavy (non-hydrogen) atoms. The number of ether oxygens (including phenoxy) is 1. The number of aromatic nitrogens is 7. The fraction of sp³-hybridized carbons (Fsp3) is 0.231. The zero-order valence-electron chi connectivity index (χ0n) is 20.4. The molecule has 1 fully saturated rings. The number of anilines is 2. The van der Waals surface area contributed by atoms with Crippen molar-refractivity contribution in [2.75, 3.05) is 43.2 Å². The molecule has 1 aliphatic rings. The molecule has 0 unspecified atom stereocenters. The van der Waals surface area contributed by atoms with E-state index in [2.05, 4.69) is 56.5 Å². The number of hydrogen-bond acceptors (Lipinski definition) is 11. The summed E-state index contributed by atoms with van der Waals surface area (Å²) in [5.41, 5.74) is 2.70. The van der Waals surface area contributed by atoms with Crippen molar-refractivity contribution >= 4 is 11.9 Å². The predicted octanol–water partition coefficient (Wildman–Crippen LogP) is 1.87. The van der Waals surface area contributed by atoms with Crippen LogP contribution in [0.15, 0.2) is 55.5 Å². The summed E-state index contributed by atoms with van der Waals surface area (Å²) in [4.78, 5) is 33.6. The summed E-state index contributed by atoms with van der Waals surface area (Å²) in [5, 5.41) is 8.99. The molecule has 1 atom stereocenters. The Balaban J connectivity index is 1.24. The Hall–Kier alpha value is -5.07. The zero-order valence-corrected chi connectivity index (χ0v) is 20.4. The number of rotatable bonds is 5. The van der Waals surface area contributed by atoms with E-state index in [4.69, 9.17) is 10.00 Å². The quantitative estimate of drug-likeness (QED) is 0.289. The molecule has 4 aromatic heterocycles. The standard InChI is InChI=1S/C26H21FN10O/c1-38-16-21-15-36(6-7-37(21)26-32-13-20(9-28)14-33-26)25-30-11-19(12-31-25)3-2-18-4-5-22(29-10-18)23-8-24(27)35-17-34-23/h4-5,8,10-14,17,21H,6-7,15-16H2,1H3/t21-/m1/s1. The molecule has 0 bridgehead atoms. The minimum absolute atomic E-state index is 0.0148. The Morgan fingerprint density at radius 3 is 2.26 bits per heavy atom. The van der Waals surface area contributed by atoms with Crippen LogP contribution in [0.1, 0.15) is 16.7 Å². The van der Waals surface area contributed by atoms with Crippen molar-refractivity contribution in [1.29, 1.82) is 5.26 Å². The molecule has 0 aliphatic carbocycles. The van der Waals surface area contributed by atoms with Crippen LogP contribution < -0.4 is 9.80 Å². The lowest BCUT2D eigenvalue weighted by Crippen LogP contribution is -2.56. The second-order valence-corrected chi connectivity index (χ2v) is 8.31. The van der Waals surface area contributed by atoms with E-state index >= 15 is 0 Å².